The summed E-state index contributed by atoms with van der Waals surface area (Å²) in [5, 5.41) is 3.45. The Balaban J connectivity index is 2.72. The summed E-state index contributed by atoms with van der Waals surface area (Å²) in [5.41, 5.74) is 0.999. The second-order valence-electron chi connectivity index (χ2n) is 5.59. The van der Waals surface area contributed by atoms with E-state index in [0.717, 1.165) is 31.4 Å². The SMILES string of the molecule is CCCNC(CCC(C)C)c1ccc(OC(F)(F)F)cc1. The molecule has 21 heavy (non-hydrogen) atoms. The van der Waals surface area contributed by atoms with Crippen molar-refractivity contribution in [3.63, 3.8) is 0 Å². The fourth-order valence-corrected chi connectivity index (χ4v) is 2.11. The minimum atomic E-state index is -4.64. The summed E-state index contributed by atoms with van der Waals surface area (Å²) < 4.78 is 40.3. The fraction of sp³-hybridized carbons (Fsp3) is 0.625. The van der Waals surface area contributed by atoms with Gasteiger partial charge in [-0.3, -0.25) is 0 Å². The zero-order chi connectivity index (χ0) is 15.9. The first kappa shape index (κ1) is 17.8. The molecule has 2 nitrogen and oxygen atoms in total. The summed E-state index contributed by atoms with van der Waals surface area (Å²) in [5.74, 6) is 0.424. The maximum absolute atomic E-state index is 12.1. The zero-order valence-corrected chi connectivity index (χ0v) is 12.8. The number of benzene rings is 1. The van der Waals surface area contributed by atoms with Crippen LogP contribution in [0.1, 0.15) is 51.6 Å². The first-order chi connectivity index (χ1) is 9.81. The first-order valence-corrected chi connectivity index (χ1v) is 7.41. The number of hydrogen-bond acceptors (Lipinski definition) is 2. The van der Waals surface area contributed by atoms with Gasteiger partial charge in [-0.15, -0.1) is 13.2 Å². The molecule has 1 N–H and O–H groups in total. The number of nitrogens with one attached hydrogen (secondary N) is 1. The smallest absolute Gasteiger partial charge is 0.406 e. The molecule has 0 radical (unpaired) electrons. The van der Waals surface area contributed by atoms with Crippen LogP contribution in [0.2, 0.25) is 0 Å². The van der Waals surface area contributed by atoms with E-state index >= 15 is 0 Å². The number of alkyl halides is 3. The normalized spacial score (nSPS) is 13.5. The van der Waals surface area contributed by atoms with Gasteiger partial charge >= 0.3 is 6.36 Å². The van der Waals surface area contributed by atoms with Crippen LogP contribution in [0.5, 0.6) is 5.75 Å². The molecule has 5 heteroatoms. The van der Waals surface area contributed by atoms with Crippen molar-refractivity contribution in [3.8, 4) is 5.75 Å². The van der Waals surface area contributed by atoms with Crippen LogP contribution in [0.3, 0.4) is 0 Å². The van der Waals surface area contributed by atoms with Gasteiger partial charge in [0.1, 0.15) is 5.75 Å². The molecule has 1 atom stereocenters. The molecule has 120 valence electrons. The molecule has 0 fully saturated rings. The maximum Gasteiger partial charge on any atom is 0.573 e. The summed E-state index contributed by atoms with van der Waals surface area (Å²) in [6.07, 6.45) is -1.58. The molecule has 0 aliphatic carbocycles. The number of halogens is 3. The summed E-state index contributed by atoms with van der Waals surface area (Å²) in [7, 11) is 0. The van der Waals surface area contributed by atoms with E-state index in [1.807, 2.05) is 0 Å². The maximum atomic E-state index is 12.1. The van der Waals surface area contributed by atoms with Gasteiger partial charge in [-0.1, -0.05) is 32.9 Å². The highest BCUT2D eigenvalue weighted by atomic mass is 19.4. The molecule has 0 heterocycles. The summed E-state index contributed by atoms with van der Waals surface area (Å²) in [6, 6.07) is 6.33. The highest BCUT2D eigenvalue weighted by Gasteiger charge is 2.31. The predicted octanol–water partition coefficient (Wildman–Crippen LogP) is 5.06. The molecule has 0 saturated heterocycles. The van der Waals surface area contributed by atoms with E-state index in [0.29, 0.717) is 5.92 Å². The molecule has 0 saturated carbocycles. The van der Waals surface area contributed by atoms with Crippen molar-refractivity contribution in [1.29, 1.82) is 0 Å². The number of ether oxygens (including phenoxy) is 1. The van der Waals surface area contributed by atoms with Crippen LogP contribution in [-0.4, -0.2) is 12.9 Å². The molecule has 1 unspecified atom stereocenters. The van der Waals surface area contributed by atoms with Crippen LogP contribution >= 0.6 is 0 Å². The Kier molecular flexibility index (Phi) is 7.02. The Bertz CT molecular complexity index is 401. The van der Waals surface area contributed by atoms with Crippen molar-refractivity contribution in [2.75, 3.05) is 6.54 Å². The standard InChI is InChI=1S/C16H24F3NO/c1-4-11-20-15(10-5-12(2)3)13-6-8-14(9-7-13)21-16(17,18)19/h6-9,12,15,20H,4-5,10-11H2,1-3H3. The van der Waals surface area contributed by atoms with Gasteiger partial charge < -0.3 is 10.1 Å². The Labute approximate surface area is 124 Å². The minimum Gasteiger partial charge on any atom is -0.406 e. The highest BCUT2D eigenvalue weighted by Crippen LogP contribution is 2.26. The minimum absolute atomic E-state index is 0.173. The molecule has 0 aliphatic rings. The van der Waals surface area contributed by atoms with Crippen molar-refractivity contribution in [2.24, 2.45) is 5.92 Å². The molecule has 0 amide bonds. The van der Waals surface area contributed by atoms with E-state index in [1.165, 1.54) is 12.1 Å². The van der Waals surface area contributed by atoms with Crippen molar-refractivity contribution in [3.05, 3.63) is 29.8 Å². The van der Waals surface area contributed by atoms with Crippen LogP contribution in [0.15, 0.2) is 24.3 Å². The number of hydrogen-bond donors (Lipinski definition) is 1. The highest BCUT2D eigenvalue weighted by molar-refractivity contribution is 5.29. The quantitative estimate of drug-likeness (QED) is 0.724. The molecule has 1 aromatic carbocycles. The molecule has 0 aliphatic heterocycles. The molecule has 0 aromatic heterocycles. The van der Waals surface area contributed by atoms with Gasteiger partial charge in [-0.25, -0.2) is 0 Å². The lowest BCUT2D eigenvalue weighted by Crippen LogP contribution is -2.22. The molecule has 1 rings (SSSR count). The third kappa shape index (κ3) is 7.37. The fourth-order valence-electron chi connectivity index (χ4n) is 2.11. The first-order valence-electron chi connectivity index (χ1n) is 7.41. The summed E-state index contributed by atoms with van der Waals surface area (Å²) in [6.45, 7) is 7.31. The zero-order valence-electron chi connectivity index (χ0n) is 12.8. The molecular weight excluding hydrogens is 279 g/mol. The van der Waals surface area contributed by atoms with Gasteiger partial charge in [0.2, 0.25) is 0 Å². The van der Waals surface area contributed by atoms with Crippen molar-refractivity contribution < 1.29 is 17.9 Å². The van der Waals surface area contributed by atoms with E-state index in [4.69, 9.17) is 0 Å². The van der Waals surface area contributed by atoms with E-state index < -0.39 is 6.36 Å². The second kappa shape index (κ2) is 8.27. The summed E-state index contributed by atoms with van der Waals surface area (Å²) >= 11 is 0. The lowest BCUT2D eigenvalue weighted by atomic mass is 9.97. The van der Waals surface area contributed by atoms with Gasteiger partial charge in [0, 0.05) is 6.04 Å². The van der Waals surface area contributed by atoms with Crippen LogP contribution in [-0.2, 0) is 0 Å². The van der Waals surface area contributed by atoms with E-state index in [1.54, 1.807) is 12.1 Å². The van der Waals surface area contributed by atoms with Gasteiger partial charge in [-0.2, -0.15) is 0 Å². The predicted molar refractivity (Wildman–Crippen MR) is 78.2 cm³/mol. The van der Waals surface area contributed by atoms with Crippen LogP contribution in [0.25, 0.3) is 0 Å². The average molecular weight is 303 g/mol. The lowest BCUT2D eigenvalue weighted by Gasteiger charge is -2.20. The van der Waals surface area contributed by atoms with Gasteiger partial charge in [-0.05, 0) is 49.4 Å². The Morgan fingerprint density at radius 3 is 2.19 bits per heavy atom. The Hall–Kier alpha value is -1.23. The lowest BCUT2D eigenvalue weighted by molar-refractivity contribution is -0.274. The molecular formula is C16H24F3NO. The molecule has 1 aromatic rings. The second-order valence-corrected chi connectivity index (χ2v) is 5.59. The van der Waals surface area contributed by atoms with Crippen LogP contribution < -0.4 is 10.1 Å². The van der Waals surface area contributed by atoms with E-state index in [2.05, 4.69) is 30.8 Å². The summed E-state index contributed by atoms with van der Waals surface area (Å²) in [4.78, 5) is 0. The van der Waals surface area contributed by atoms with Gasteiger partial charge in [0.05, 0.1) is 0 Å². The van der Waals surface area contributed by atoms with Crippen LogP contribution in [0.4, 0.5) is 13.2 Å². The van der Waals surface area contributed by atoms with Gasteiger partial charge in [0.25, 0.3) is 0 Å². The molecule has 0 spiro atoms. The monoisotopic (exact) mass is 303 g/mol. The average Bonchev–Trinajstić information content (AvgIpc) is 2.38. The Morgan fingerprint density at radius 1 is 1.10 bits per heavy atom. The largest absolute Gasteiger partial charge is 0.573 e. The Morgan fingerprint density at radius 2 is 1.71 bits per heavy atom. The topological polar surface area (TPSA) is 21.3 Å². The van der Waals surface area contributed by atoms with Crippen molar-refractivity contribution in [1.82, 2.24) is 5.32 Å². The third-order valence-corrected chi connectivity index (χ3v) is 3.19. The van der Waals surface area contributed by atoms with Gasteiger partial charge in [0.15, 0.2) is 0 Å². The molecule has 0 bridgehead atoms. The van der Waals surface area contributed by atoms with E-state index in [9.17, 15) is 13.2 Å². The van der Waals surface area contributed by atoms with E-state index in [-0.39, 0.29) is 11.8 Å². The number of rotatable bonds is 8. The van der Waals surface area contributed by atoms with Crippen molar-refractivity contribution in [2.45, 2.75) is 52.4 Å². The van der Waals surface area contributed by atoms with Crippen molar-refractivity contribution >= 4 is 0 Å². The third-order valence-electron chi connectivity index (χ3n) is 3.19. The van der Waals surface area contributed by atoms with Crippen LogP contribution in [0, 0.1) is 5.92 Å².